The van der Waals surface area contributed by atoms with E-state index in [4.69, 9.17) is 18.6 Å². The quantitative estimate of drug-likeness (QED) is 0.0176. The maximum Gasteiger partial charge on any atom is 0.270 e. The van der Waals surface area contributed by atoms with Crippen molar-refractivity contribution in [2.75, 3.05) is 18.1 Å². The lowest BCUT2D eigenvalue weighted by molar-refractivity contribution is -0.113. The third kappa shape index (κ3) is 6.90. The first-order valence-electron chi connectivity index (χ1n) is 15.9. The van der Waals surface area contributed by atoms with Gasteiger partial charge in [-0.05, 0) is 47.7 Å². The Morgan fingerprint density at radius 3 is 1.89 bits per heavy atom. The summed E-state index contributed by atoms with van der Waals surface area (Å²) in [5, 5.41) is 0.0628. The fourth-order valence-corrected chi connectivity index (χ4v) is 7.67. The number of halogens is 1. The second kappa shape index (κ2) is 14.3. The summed E-state index contributed by atoms with van der Waals surface area (Å²) in [6.45, 7) is 12.8. The van der Waals surface area contributed by atoms with E-state index in [2.05, 4.69) is 164 Å². The van der Waals surface area contributed by atoms with Crippen LogP contribution in [0.25, 0.3) is 5.57 Å². The van der Waals surface area contributed by atoms with Crippen molar-refractivity contribution in [3.63, 3.8) is 0 Å². The zero-order valence-corrected chi connectivity index (χ0v) is 31.4. The van der Waals surface area contributed by atoms with Crippen molar-refractivity contribution in [3.8, 4) is 11.8 Å². The summed E-state index contributed by atoms with van der Waals surface area (Å²) in [6, 6.07) is 32.0. The molecule has 1 fully saturated rings. The van der Waals surface area contributed by atoms with E-state index in [9.17, 15) is 4.79 Å². The number of carbonyl (C=O) groups excluding carboxylic acids is 1. The van der Waals surface area contributed by atoms with Gasteiger partial charge in [0.1, 0.15) is 6.04 Å². The molecule has 0 radical (unpaired) electrons. The van der Waals surface area contributed by atoms with Gasteiger partial charge in [0.2, 0.25) is 5.89 Å². The maximum atomic E-state index is 13.1. The van der Waals surface area contributed by atoms with Crippen molar-refractivity contribution in [3.05, 3.63) is 131 Å². The SMILES string of the molecule is CO/C(C(=O)C#CCO[Si](C)(C)C(C)(C)C)=C(\C)c1cnc([C@@H]2[C@H](CI)N2C(c2ccccc2)(c2ccccc2)c2ccccc2)o1. The second-order valence-corrected chi connectivity index (χ2v) is 19.0. The van der Waals surface area contributed by atoms with Gasteiger partial charge in [0.05, 0.1) is 25.5 Å². The lowest BCUT2D eigenvalue weighted by atomic mass is 9.76. The smallest absolute Gasteiger partial charge is 0.270 e. The van der Waals surface area contributed by atoms with Crippen LogP contribution in [0.2, 0.25) is 18.1 Å². The van der Waals surface area contributed by atoms with Crippen LogP contribution < -0.4 is 0 Å². The van der Waals surface area contributed by atoms with E-state index in [-0.39, 0.29) is 29.5 Å². The predicted octanol–water partition coefficient (Wildman–Crippen LogP) is 8.80. The average molecular weight is 759 g/mol. The molecule has 5 rings (SSSR count). The van der Waals surface area contributed by atoms with Crippen LogP contribution in [0.15, 0.2) is 107 Å². The Kier molecular flexibility index (Phi) is 10.6. The number of hydrogen-bond acceptors (Lipinski definition) is 6. The Balaban J connectivity index is 1.49. The minimum atomic E-state index is -1.97. The molecule has 6 nitrogen and oxygen atoms in total. The summed E-state index contributed by atoms with van der Waals surface area (Å²) < 4.78 is 19.0. The van der Waals surface area contributed by atoms with Crippen molar-refractivity contribution in [2.45, 2.75) is 63.4 Å². The number of carbonyl (C=O) groups is 1. The number of nitrogens with zero attached hydrogens (tertiary/aromatic N) is 2. The topological polar surface area (TPSA) is 64.6 Å². The molecule has 0 amide bonds. The number of methoxy groups -OCH3 is 1. The molecule has 2 heterocycles. The molecule has 3 atom stereocenters. The predicted molar refractivity (Wildman–Crippen MR) is 199 cm³/mol. The zero-order chi connectivity index (χ0) is 33.8. The third-order valence-electron chi connectivity index (χ3n) is 9.46. The number of hydrogen-bond donors (Lipinski definition) is 0. The van der Waals surface area contributed by atoms with Crippen LogP contribution >= 0.6 is 22.6 Å². The summed E-state index contributed by atoms with van der Waals surface area (Å²) in [6.07, 6.45) is 1.68. The number of alkyl halides is 1. The van der Waals surface area contributed by atoms with E-state index in [1.807, 2.05) is 0 Å². The molecular formula is C39H43IN2O4Si. The first kappa shape index (κ1) is 34.8. The highest BCUT2D eigenvalue weighted by Crippen LogP contribution is 2.58. The lowest BCUT2D eigenvalue weighted by Gasteiger charge is -2.38. The maximum absolute atomic E-state index is 13.1. The van der Waals surface area contributed by atoms with Crippen molar-refractivity contribution in [2.24, 2.45) is 0 Å². The lowest BCUT2D eigenvalue weighted by Crippen LogP contribution is -2.40. The summed E-state index contributed by atoms with van der Waals surface area (Å²) in [7, 11) is -0.491. The van der Waals surface area contributed by atoms with Gasteiger partial charge >= 0.3 is 0 Å². The number of allylic oxidation sites excluding steroid dienone is 2. The van der Waals surface area contributed by atoms with Gasteiger partial charge in [0, 0.05) is 16.0 Å². The largest absolute Gasteiger partial charge is 0.492 e. The number of oxazole rings is 1. The van der Waals surface area contributed by atoms with Crippen molar-refractivity contribution in [1.82, 2.24) is 9.88 Å². The third-order valence-corrected chi connectivity index (χ3v) is 14.8. The van der Waals surface area contributed by atoms with E-state index in [0.29, 0.717) is 17.2 Å². The van der Waals surface area contributed by atoms with Gasteiger partial charge in [-0.25, -0.2) is 4.98 Å². The second-order valence-electron chi connectivity index (χ2n) is 13.3. The molecule has 0 spiro atoms. The number of rotatable bonds is 11. The van der Waals surface area contributed by atoms with Gasteiger partial charge in [-0.3, -0.25) is 9.69 Å². The highest BCUT2D eigenvalue weighted by Gasteiger charge is 2.62. The Labute approximate surface area is 293 Å². The molecule has 47 heavy (non-hydrogen) atoms. The normalized spacial score (nSPS) is 18.5. The zero-order valence-electron chi connectivity index (χ0n) is 28.2. The molecule has 4 aromatic rings. The Morgan fingerprint density at radius 1 is 0.936 bits per heavy atom. The van der Waals surface area contributed by atoms with Crippen LogP contribution in [0.3, 0.4) is 0 Å². The molecule has 1 unspecified atom stereocenters. The summed E-state index contributed by atoms with van der Waals surface area (Å²) in [5.41, 5.74) is 3.47. The summed E-state index contributed by atoms with van der Waals surface area (Å²) in [4.78, 5) is 20.4. The fourth-order valence-electron chi connectivity index (χ4n) is 5.90. The van der Waals surface area contributed by atoms with Crippen LogP contribution in [-0.4, -0.2) is 48.2 Å². The van der Waals surface area contributed by atoms with Crippen LogP contribution in [-0.2, 0) is 19.5 Å². The van der Waals surface area contributed by atoms with Crippen LogP contribution in [0.1, 0.15) is 62.1 Å². The molecule has 244 valence electrons. The standard InChI is InChI=1S/C39H43IN2O4Si/c1-28(36(44-5)33(43)24-17-25-45-47(6,7)38(2,3)4)34-27-41-37(46-34)35-32(26-40)42(35)39(29-18-11-8-12-19-29,30-20-13-9-14-21-30)31-22-15-10-16-23-31/h8-16,18-23,27,32,35H,25-26H2,1-7H3/b36-28+/t32-,35-,42?/m0/s1. The molecule has 1 aliphatic heterocycles. The first-order valence-corrected chi connectivity index (χ1v) is 20.3. The minimum Gasteiger partial charge on any atom is -0.492 e. The monoisotopic (exact) mass is 758 g/mol. The van der Waals surface area contributed by atoms with Crippen LogP contribution in [0.5, 0.6) is 0 Å². The molecule has 1 aliphatic rings. The average Bonchev–Trinajstić information content (AvgIpc) is 3.58. The first-order chi connectivity index (χ1) is 22.5. The van der Waals surface area contributed by atoms with Crippen molar-refractivity contribution in [1.29, 1.82) is 0 Å². The Hall–Kier alpha value is -3.49. The van der Waals surface area contributed by atoms with Gasteiger partial charge in [-0.1, -0.05) is 140 Å². The van der Waals surface area contributed by atoms with E-state index < -0.39 is 19.6 Å². The summed E-state index contributed by atoms with van der Waals surface area (Å²) in [5.74, 6) is 6.40. The van der Waals surface area contributed by atoms with Gasteiger partial charge in [-0.2, -0.15) is 0 Å². The molecular weight excluding hydrogens is 715 g/mol. The molecule has 8 heteroatoms. The van der Waals surface area contributed by atoms with Gasteiger partial charge in [-0.15, -0.1) is 0 Å². The number of benzene rings is 3. The van der Waals surface area contributed by atoms with Crippen molar-refractivity contribution >= 4 is 42.3 Å². The summed E-state index contributed by atoms with van der Waals surface area (Å²) >= 11 is 2.46. The Morgan fingerprint density at radius 2 is 1.45 bits per heavy atom. The van der Waals surface area contributed by atoms with E-state index in [1.165, 1.54) is 23.8 Å². The van der Waals surface area contributed by atoms with Crippen LogP contribution in [0.4, 0.5) is 0 Å². The molecule has 0 bridgehead atoms. The molecule has 0 aliphatic carbocycles. The van der Waals surface area contributed by atoms with Crippen molar-refractivity contribution < 1.29 is 18.4 Å². The molecule has 0 N–H and O–H groups in total. The van der Waals surface area contributed by atoms with Gasteiger partial charge in [0.25, 0.3) is 5.78 Å². The number of aromatic nitrogens is 1. The fraction of sp³-hybridized carbons (Fsp3) is 0.333. The molecule has 0 saturated carbocycles. The Bertz CT molecular complexity index is 1670. The minimum absolute atomic E-state index is 0.0628. The molecule has 3 aromatic carbocycles. The number of ether oxygens (including phenoxy) is 1. The van der Waals surface area contributed by atoms with Gasteiger partial charge < -0.3 is 13.6 Å². The van der Waals surface area contributed by atoms with E-state index in [0.717, 1.165) is 4.43 Å². The highest BCUT2D eigenvalue weighted by atomic mass is 127. The van der Waals surface area contributed by atoms with E-state index >= 15 is 0 Å². The molecule has 1 aromatic heterocycles. The number of ketones is 1. The van der Waals surface area contributed by atoms with E-state index in [1.54, 1.807) is 13.1 Å². The molecule has 1 saturated heterocycles. The van der Waals surface area contributed by atoms with Crippen LogP contribution in [0, 0.1) is 11.8 Å². The highest BCUT2D eigenvalue weighted by molar-refractivity contribution is 14.1. The number of Topliss-reactive ketones (excluding diaryl/α,β-unsaturated/α-hetero) is 1. The van der Waals surface area contributed by atoms with Gasteiger partial charge in [0.15, 0.2) is 19.8 Å².